The summed E-state index contributed by atoms with van der Waals surface area (Å²) < 4.78 is 28.7. The molecule has 42 heavy (non-hydrogen) atoms. The van der Waals surface area contributed by atoms with E-state index in [9.17, 15) is 19.8 Å². The summed E-state index contributed by atoms with van der Waals surface area (Å²) >= 11 is 0. The molecule has 1 saturated heterocycles. The number of benzene rings is 1. The fourth-order valence-corrected chi connectivity index (χ4v) is 4.58. The molecule has 1 aliphatic heterocycles. The zero-order chi connectivity index (χ0) is 31.0. The summed E-state index contributed by atoms with van der Waals surface area (Å²) in [5.41, 5.74) is 0.148. The van der Waals surface area contributed by atoms with Gasteiger partial charge >= 0.3 is 11.7 Å². The van der Waals surface area contributed by atoms with Gasteiger partial charge in [0, 0.05) is 12.7 Å². The van der Waals surface area contributed by atoms with E-state index in [1.807, 2.05) is 5.48 Å². The molecule has 1 aromatic heterocycles. The molecule has 1 fully saturated rings. The number of aromatic hydroxyl groups is 1. The van der Waals surface area contributed by atoms with Crippen LogP contribution >= 0.6 is 0 Å². The van der Waals surface area contributed by atoms with Gasteiger partial charge in [-0.15, -0.1) is 19.4 Å². The van der Waals surface area contributed by atoms with Crippen LogP contribution in [0.3, 0.4) is 0 Å². The second-order valence-corrected chi connectivity index (χ2v) is 9.35. The number of terminal acetylenes is 2. The van der Waals surface area contributed by atoms with Crippen LogP contribution in [0.25, 0.3) is 11.0 Å². The highest BCUT2D eigenvalue weighted by atomic mass is 16.7. The van der Waals surface area contributed by atoms with Crippen LogP contribution in [0.2, 0.25) is 0 Å². The standard InChI is InChI=1S/C29H32N2O11/c1-8-13-29(6)25(36-7)24(41-28(35)31-38-15-10-3)22(33)27(42-29)39-19-12-11-18-21(32)20(17(5)30-37-14-9-2)26(34)40-23(18)16(19)4/h2-3,8,11-12,22,24-25,27,32-33H,1,13-15H2,4-7H3,(H,31,35)/t22-,24+,25-,27?,29+/m1/s1. The molecule has 5 atom stereocenters. The Labute approximate surface area is 241 Å². The number of fused-ring (bicyclic) bond motifs is 1. The Morgan fingerprint density at radius 2 is 2.02 bits per heavy atom. The molecule has 0 aliphatic carbocycles. The van der Waals surface area contributed by atoms with E-state index in [2.05, 4.69) is 23.6 Å². The molecule has 0 radical (unpaired) electrons. The molecule has 1 aliphatic rings. The number of methoxy groups -OCH3 is 1. The minimum Gasteiger partial charge on any atom is -0.506 e. The van der Waals surface area contributed by atoms with E-state index in [4.69, 9.17) is 45.9 Å². The van der Waals surface area contributed by atoms with Gasteiger partial charge in [0.2, 0.25) is 6.29 Å². The summed E-state index contributed by atoms with van der Waals surface area (Å²) in [5.74, 6) is 4.18. The van der Waals surface area contributed by atoms with Gasteiger partial charge in [-0.3, -0.25) is 4.84 Å². The van der Waals surface area contributed by atoms with E-state index < -0.39 is 41.9 Å². The number of nitrogens with one attached hydrogen (secondary N) is 1. The van der Waals surface area contributed by atoms with Crippen molar-refractivity contribution in [1.82, 2.24) is 5.48 Å². The van der Waals surface area contributed by atoms with E-state index in [1.54, 1.807) is 19.9 Å². The number of carbonyl (C=O) groups excluding carboxylic acids is 1. The summed E-state index contributed by atoms with van der Waals surface area (Å²) in [7, 11) is 1.37. The van der Waals surface area contributed by atoms with Crippen LogP contribution in [-0.4, -0.2) is 72.5 Å². The first kappa shape index (κ1) is 32.0. The number of rotatable bonds is 11. The van der Waals surface area contributed by atoms with E-state index in [-0.39, 0.29) is 53.4 Å². The van der Waals surface area contributed by atoms with Crippen molar-refractivity contribution in [2.45, 2.75) is 57.4 Å². The largest absolute Gasteiger partial charge is 0.506 e. The Bertz CT molecular complexity index is 1490. The third kappa shape index (κ3) is 6.67. The molecule has 13 nitrogen and oxygen atoms in total. The zero-order valence-electron chi connectivity index (χ0n) is 23.5. The van der Waals surface area contributed by atoms with E-state index in [0.717, 1.165) is 0 Å². The number of hydrogen-bond acceptors (Lipinski definition) is 12. The summed E-state index contributed by atoms with van der Waals surface area (Å²) in [6, 6.07) is 2.94. The molecule has 1 aromatic carbocycles. The SMILES string of the molecule is C#CCON=C(C)c1c(O)c2ccc(OC3O[C@@](C)(CC=C)[C@H](OC)[C@@H](OC(=O)NOCC#C)[C@H]3O)c(C)c2oc1=O. The number of amides is 1. The van der Waals surface area contributed by atoms with Crippen molar-refractivity contribution in [2.24, 2.45) is 5.16 Å². The van der Waals surface area contributed by atoms with Crippen LogP contribution in [0.15, 0.2) is 39.2 Å². The number of aliphatic hydroxyl groups excluding tert-OH is 1. The smallest absolute Gasteiger partial charge is 0.431 e. The Morgan fingerprint density at radius 3 is 2.67 bits per heavy atom. The molecular weight excluding hydrogens is 552 g/mol. The maximum Gasteiger partial charge on any atom is 0.431 e. The second-order valence-electron chi connectivity index (χ2n) is 9.35. The first-order valence-corrected chi connectivity index (χ1v) is 12.6. The average molecular weight is 585 g/mol. The van der Waals surface area contributed by atoms with Crippen molar-refractivity contribution in [3.63, 3.8) is 0 Å². The molecular formula is C29H32N2O11. The van der Waals surface area contributed by atoms with Gasteiger partial charge in [0.05, 0.1) is 11.1 Å². The van der Waals surface area contributed by atoms with Crippen molar-refractivity contribution >= 4 is 22.8 Å². The molecule has 224 valence electrons. The van der Waals surface area contributed by atoms with Crippen LogP contribution < -0.4 is 15.8 Å². The van der Waals surface area contributed by atoms with Crippen LogP contribution in [0.1, 0.15) is 31.4 Å². The minimum atomic E-state index is -1.56. The lowest BCUT2D eigenvalue weighted by atomic mass is 9.85. The van der Waals surface area contributed by atoms with Crippen molar-refractivity contribution in [3.05, 3.63) is 46.3 Å². The summed E-state index contributed by atoms with van der Waals surface area (Å²) in [6.07, 6.45) is 5.80. The predicted molar refractivity (Wildman–Crippen MR) is 150 cm³/mol. The van der Waals surface area contributed by atoms with E-state index >= 15 is 0 Å². The highest BCUT2D eigenvalue weighted by molar-refractivity contribution is 6.04. The number of ether oxygens (including phenoxy) is 4. The van der Waals surface area contributed by atoms with Gasteiger partial charge in [0.15, 0.2) is 18.8 Å². The lowest BCUT2D eigenvalue weighted by Crippen LogP contribution is -2.66. The lowest BCUT2D eigenvalue weighted by Gasteiger charge is -2.48. The molecule has 0 bridgehead atoms. The Balaban J connectivity index is 1.98. The van der Waals surface area contributed by atoms with Crippen molar-refractivity contribution in [1.29, 1.82) is 0 Å². The molecule has 2 aromatic rings. The number of hydroxylamine groups is 1. The van der Waals surface area contributed by atoms with Gasteiger partial charge in [-0.25, -0.2) is 9.59 Å². The van der Waals surface area contributed by atoms with Crippen molar-refractivity contribution in [2.75, 3.05) is 20.3 Å². The van der Waals surface area contributed by atoms with Gasteiger partial charge in [-0.1, -0.05) is 23.1 Å². The molecule has 0 spiro atoms. The first-order chi connectivity index (χ1) is 20.0. The fourth-order valence-electron chi connectivity index (χ4n) is 4.58. The minimum absolute atomic E-state index is 0.0165. The highest BCUT2D eigenvalue weighted by Crippen LogP contribution is 2.39. The molecule has 1 amide bonds. The van der Waals surface area contributed by atoms with Gasteiger partial charge in [0.1, 0.15) is 41.0 Å². The molecule has 3 N–H and O–H groups in total. The van der Waals surface area contributed by atoms with E-state index in [1.165, 1.54) is 26.2 Å². The third-order valence-electron chi connectivity index (χ3n) is 6.46. The summed E-state index contributed by atoms with van der Waals surface area (Å²) in [4.78, 5) is 34.8. The molecule has 1 unspecified atom stereocenters. The normalized spacial score (nSPS) is 23.8. The molecule has 2 heterocycles. The fraction of sp³-hybridized carbons (Fsp3) is 0.414. The quantitative estimate of drug-likeness (QED) is 0.0885. The highest BCUT2D eigenvalue weighted by Gasteiger charge is 2.55. The lowest BCUT2D eigenvalue weighted by molar-refractivity contribution is -0.309. The zero-order valence-corrected chi connectivity index (χ0v) is 23.5. The number of aryl methyl sites for hydroxylation is 1. The second kappa shape index (κ2) is 13.9. The predicted octanol–water partition coefficient (Wildman–Crippen LogP) is 2.29. The number of aliphatic hydroxyl groups is 1. The van der Waals surface area contributed by atoms with Crippen LogP contribution in [0, 0.1) is 31.6 Å². The van der Waals surface area contributed by atoms with Crippen LogP contribution in [0.5, 0.6) is 11.5 Å². The Morgan fingerprint density at radius 1 is 1.31 bits per heavy atom. The van der Waals surface area contributed by atoms with Gasteiger partial charge in [-0.2, -0.15) is 5.48 Å². The third-order valence-corrected chi connectivity index (χ3v) is 6.46. The maximum atomic E-state index is 12.8. The number of nitrogens with zero attached hydrogens (tertiary/aromatic N) is 1. The molecule has 13 heteroatoms. The summed E-state index contributed by atoms with van der Waals surface area (Å²) in [5, 5.41) is 26.0. The number of oxime groups is 1. The maximum absolute atomic E-state index is 12.8. The van der Waals surface area contributed by atoms with Gasteiger partial charge in [-0.05, 0) is 39.3 Å². The Kier molecular flexibility index (Phi) is 10.6. The average Bonchev–Trinajstić information content (AvgIpc) is 2.93. The number of hydrogen-bond donors (Lipinski definition) is 3. The van der Waals surface area contributed by atoms with E-state index in [0.29, 0.717) is 5.56 Å². The first-order valence-electron chi connectivity index (χ1n) is 12.6. The monoisotopic (exact) mass is 584 g/mol. The number of carbonyl (C=O) groups is 1. The molecule has 3 rings (SSSR count). The van der Waals surface area contributed by atoms with Crippen molar-refractivity contribution < 1.29 is 48.0 Å². The van der Waals surface area contributed by atoms with Crippen molar-refractivity contribution in [3.8, 4) is 36.2 Å². The molecule has 0 saturated carbocycles. The topological polar surface area (TPSA) is 168 Å². The van der Waals surface area contributed by atoms with Gasteiger partial charge in [0.25, 0.3) is 0 Å². The van der Waals surface area contributed by atoms with Crippen LogP contribution in [-0.2, 0) is 23.9 Å². The van der Waals surface area contributed by atoms with Crippen LogP contribution in [0.4, 0.5) is 4.79 Å². The van der Waals surface area contributed by atoms with Gasteiger partial charge < -0.3 is 38.4 Å². The summed E-state index contributed by atoms with van der Waals surface area (Å²) in [6.45, 7) is 8.12. The Hall–Kier alpha value is -4.53.